The smallest absolute Gasteiger partial charge is 0.312 e. The molecule has 324 valence electrons. The van der Waals surface area contributed by atoms with E-state index in [1.165, 1.54) is 71.4 Å². The molecule has 0 saturated carbocycles. The number of hydrogen-bond donors (Lipinski definition) is 7. The fourth-order valence-corrected chi connectivity index (χ4v) is 7.94. The number of Topliss-reactive ketones (excluding diaryl/α,β-unsaturated/α-hetero) is 1. The predicted molar refractivity (Wildman–Crippen MR) is 221 cm³/mol. The zero-order chi connectivity index (χ0) is 44.4. The summed E-state index contributed by atoms with van der Waals surface area (Å²) in [4.78, 5) is 40.5. The van der Waals surface area contributed by atoms with Crippen LogP contribution in [0.4, 0.5) is 10.1 Å². The number of benzene rings is 3. The second-order valence-corrected chi connectivity index (χ2v) is 15.9. The van der Waals surface area contributed by atoms with Crippen molar-refractivity contribution in [3.63, 3.8) is 0 Å². The van der Waals surface area contributed by atoms with Crippen LogP contribution in [-0.2, 0) is 36.9 Å². The lowest BCUT2D eigenvalue weighted by atomic mass is 9.78. The lowest BCUT2D eigenvalue weighted by Gasteiger charge is -2.38. The normalized spacial score (nSPS) is 29.6. The first-order chi connectivity index (χ1) is 28.2. The fraction of sp³-hybridized carbons (Fsp3) is 0.444. The van der Waals surface area contributed by atoms with Gasteiger partial charge < -0.3 is 55.1 Å². The van der Waals surface area contributed by atoms with Gasteiger partial charge in [0.25, 0.3) is 11.7 Å². The number of halogens is 1. The van der Waals surface area contributed by atoms with Crippen LogP contribution in [0, 0.1) is 36.4 Å². The molecule has 3 heterocycles. The summed E-state index contributed by atoms with van der Waals surface area (Å²) >= 11 is 0. The summed E-state index contributed by atoms with van der Waals surface area (Å²) in [7, 11) is 1.42. The Bertz CT molecular complexity index is 2240. The number of aliphatic hydroxyl groups excluding tert-OH is 2. The molecule has 0 radical (unpaired) electrons. The number of carbonyl (C=O) groups excluding carboxylic acids is 3. The largest absolute Gasteiger partial charge is 0.507 e. The number of rotatable bonds is 6. The highest BCUT2D eigenvalue weighted by molar-refractivity contribution is 6.22. The first-order valence-corrected chi connectivity index (χ1v) is 19.8. The van der Waals surface area contributed by atoms with E-state index in [0.717, 1.165) is 0 Å². The van der Waals surface area contributed by atoms with Crippen molar-refractivity contribution in [2.75, 3.05) is 12.4 Å². The van der Waals surface area contributed by atoms with Crippen molar-refractivity contribution in [1.29, 1.82) is 0 Å². The number of esters is 1. The van der Waals surface area contributed by atoms with Crippen LogP contribution >= 0.6 is 0 Å². The van der Waals surface area contributed by atoms with Gasteiger partial charge in [-0.2, -0.15) is 0 Å². The number of aromatic hydroxyl groups is 3. The monoisotopic (exact) mass is 834 g/mol. The summed E-state index contributed by atoms with van der Waals surface area (Å²) in [6.45, 7) is 12.3. The average molecular weight is 835 g/mol. The lowest BCUT2D eigenvalue weighted by Crippen LogP contribution is -2.46. The number of carbonyl (C=O) groups is 3. The van der Waals surface area contributed by atoms with E-state index in [1.807, 2.05) is 0 Å². The highest BCUT2D eigenvalue weighted by Crippen LogP contribution is 2.55. The van der Waals surface area contributed by atoms with E-state index >= 15 is 0 Å². The number of hydrogen-bond acceptors (Lipinski definition) is 13. The quantitative estimate of drug-likeness (QED) is 0.0841. The van der Waals surface area contributed by atoms with Crippen LogP contribution in [-0.4, -0.2) is 80.5 Å². The van der Waals surface area contributed by atoms with Crippen LogP contribution in [0.5, 0.6) is 23.0 Å². The SMILES string of the molecule is CO[C@H]1/C=C/O[C@@]2(C)Oc3c(C)c(O)c4c(O)c(c(CNCc5cccc(F)c5)c(O)c4c3C2=O)NC(=O)/C(C)=C\C=C\[C@H](C)[C@H](O)[C@@H](C)[C@@H](O)[C@@H](C)[C@H](OC(C)=O)[C@@H]1C. The second kappa shape index (κ2) is 18.4. The van der Waals surface area contributed by atoms with E-state index in [-0.39, 0.29) is 57.6 Å². The first kappa shape index (κ1) is 45.6. The zero-order valence-electron chi connectivity index (χ0n) is 35.2. The standard InChI is InChI=1S/C45H55FN2O12/c1-21-12-10-13-22(2)44(56)48-35-30(20-47-19-28-14-11-15-29(46)18-28)39(53)32-33(40(35)54)38(52)26(6)42-34(32)43(55)45(8,60-42)58-17-16-31(57-9)23(3)41(59-27(7)49)25(5)37(51)24(4)36(21)50/h10-18,21,23-25,31,36-37,41,47,50-54H,19-20H2,1-9H3,(H,48,56)/b12-10+,17-16+,22-13-/t21-,23+,24+,25+,31-,36-,37+,41+,45-/m0/s1. The van der Waals surface area contributed by atoms with Gasteiger partial charge in [0.1, 0.15) is 29.2 Å². The van der Waals surface area contributed by atoms with Gasteiger partial charge in [0.2, 0.25) is 0 Å². The number of ketones is 1. The Labute approximate surface area is 348 Å². The predicted octanol–water partition coefficient (Wildman–Crippen LogP) is 6.18. The van der Waals surface area contributed by atoms with Gasteiger partial charge in [-0.05, 0) is 37.6 Å². The Balaban J connectivity index is 1.68. The minimum atomic E-state index is -2.07. The molecule has 60 heavy (non-hydrogen) atoms. The molecule has 0 spiro atoms. The summed E-state index contributed by atoms with van der Waals surface area (Å²) in [5.41, 5.74) is 0.204. The molecule has 14 nitrogen and oxygen atoms in total. The van der Waals surface area contributed by atoms with Crippen LogP contribution in [0.3, 0.4) is 0 Å². The number of ether oxygens (including phenoxy) is 4. The van der Waals surface area contributed by atoms with Gasteiger partial charge in [-0.15, -0.1) is 0 Å². The number of nitrogens with one attached hydrogen (secondary N) is 2. The van der Waals surface area contributed by atoms with Crippen molar-refractivity contribution >= 4 is 34.1 Å². The van der Waals surface area contributed by atoms with Crippen molar-refractivity contribution in [2.45, 2.75) is 98.7 Å². The maximum absolute atomic E-state index is 14.4. The van der Waals surface area contributed by atoms with Crippen LogP contribution in [0.25, 0.3) is 10.8 Å². The maximum atomic E-state index is 14.4. The number of phenolic OH excluding ortho intramolecular Hbond substituents is 3. The van der Waals surface area contributed by atoms with E-state index in [4.69, 9.17) is 18.9 Å². The van der Waals surface area contributed by atoms with Crippen LogP contribution in [0.15, 0.2) is 60.4 Å². The third kappa shape index (κ3) is 8.99. The molecule has 5 bridgehead atoms. The van der Waals surface area contributed by atoms with Gasteiger partial charge in [0.05, 0.1) is 41.2 Å². The van der Waals surface area contributed by atoms with E-state index in [1.54, 1.807) is 45.9 Å². The maximum Gasteiger partial charge on any atom is 0.312 e. The van der Waals surface area contributed by atoms with Gasteiger partial charge in [-0.3, -0.25) is 14.4 Å². The number of phenols is 3. The summed E-state index contributed by atoms with van der Waals surface area (Å²) in [6.07, 6.45) is 3.40. The van der Waals surface area contributed by atoms with Crippen LogP contribution < -0.4 is 15.4 Å². The molecule has 0 aliphatic carbocycles. The summed E-state index contributed by atoms with van der Waals surface area (Å²) in [5.74, 6) is -9.04. The number of aliphatic hydroxyl groups is 2. The van der Waals surface area contributed by atoms with Crippen molar-refractivity contribution in [3.8, 4) is 23.0 Å². The molecule has 3 aromatic rings. The van der Waals surface area contributed by atoms with Crippen molar-refractivity contribution in [3.05, 3.63) is 88.5 Å². The van der Waals surface area contributed by atoms with Gasteiger partial charge >= 0.3 is 11.8 Å². The van der Waals surface area contributed by atoms with Crippen molar-refractivity contribution < 1.29 is 63.3 Å². The molecule has 15 heteroatoms. The van der Waals surface area contributed by atoms with Crippen LogP contribution in [0.1, 0.15) is 75.5 Å². The Kier molecular flexibility index (Phi) is 14.0. The third-order valence-corrected chi connectivity index (χ3v) is 11.6. The minimum absolute atomic E-state index is 0.0311. The summed E-state index contributed by atoms with van der Waals surface area (Å²) in [5, 5.41) is 63.5. The first-order valence-electron chi connectivity index (χ1n) is 19.8. The van der Waals surface area contributed by atoms with Gasteiger partial charge in [0.15, 0.2) is 5.75 Å². The molecule has 7 N–H and O–H groups in total. The van der Waals surface area contributed by atoms with Gasteiger partial charge in [0, 0.05) is 79.8 Å². The summed E-state index contributed by atoms with van der Waals surface area (Å²) in [6, 6.07) is 5.82. The molecule has 0 fully saturated rings. The van der Waals surface area contributed by atoms with Crippen molar-refractivity contribution in [1.82, 2.24) is 5.32 Å². The molecule has 3 aliphatic rings. The number of fused-ring (bicyclic) bond motifs is 14. The van der Waals surface area contributed by atoms with E-state index in [9.17, 15) is 44.3 Å². The van der Waals surface area contributed by atoms with Gasteiger partial charge in [-0.25, -0.2) is 4.39 Å². The molecular weight excluding hydrogens is 779 g/mol. The number of allylic oxidation sites excluding steroid dienone is 2. The lowest BCUT2D eigenvalue weighted by molar-refractivity contribution is -0.160. The van der Waals surface area contributed by atoms with E-state index < -0.39 is 94.6 Å². The van der Waals surface area contributed by atoms with Crippen LogP contribution in [0.2, 0.25) is 0 Å². The number of methoxy groups -OCH3 is 1. The Morgan fingerprint density at radius 3 is 2.30 bits per heavy atom. The Morgan fingerprint density at radius 1 is 0.950 bits per heavy atom. The van der Waals surface area contributed by atoms with Crippen molar-refractivity contribution in [2.24, 2.45) is 23.7 Å². The minimum Gasteiger partial charge on any atom is -0.507 e. The summed E-state index contributed by atoms with van der Waals surface area (Å²) < 4.78 is 37.5. The molecule has 6 rings (SSSR count). The number of amides is 1. The molecule has 3 aromatic carbocycles. The average Bonchev–Trinajstić information content (AvgIpc) is 3.47. The Hall–Kier alpha value is -5.48. The zero-order valence-corrected chi connectivity index (χ0v) is 35.2. The van der Waals surface area contributed by atoms with E-state index in [0.29, 0.717) is 5.56 Å². The molecule has 3 aliphatic heterocycles. The fourth-order valence-electron chi connectivity index (χ4n) is 7.94. The third-order valence-electron chi connectivity index (χ3n) is 11.6. The molecule has 9 atom stereocenters. The van der Waals surface area contributed by atoms with Gasteiger partial charge in [-0.1, -0.05) is 58.1 Å². The molecule has 1 amide bonds. The highest BCUT2D eigenvalue weighted by atomic mass is 19.1. The number of anilines is 1. The molecule has 0 aromatic heterocycles. The molecular formula is C45H55FN2O12. The second-order valence-electron chi connectivity index (χ2n) is 15.9. The Morgan fingerprint density at radius 2 is 1.65 bits per heavy atom. The topological polar surface area (TPSA) is 213 Å². The molecule has 0 unspecified atom stereocenters. The highest BCUT2D eigenvalue weighted by Gasteiger charge is 2.50. The molecule has 0 saturated heterocycles. The van der Waals surface area contributed by atoms with E-state index in [2.05, 4.69) is 10.6 Å².